The number of nitrogens with two attached hydrogens (primary N) is 2. The molecule has 17 nitrogen and oxygen atoms in total. The molecule has 0 saturated carbocycles. The summed E-state index contributed by atoms with van der Waals surface area (Å²) < 4.78 is 72.1. The van der Waals surface area contributed by atoms with Crippen molar-refractivity contribution in [3.8, 4) is 22.5 Å². The number of fused-ring (bicyclic) bond motifs is 2. The number of benzene rings is 3. The van der Waals surface area contributed by atoms with E-state index in [-0.39, 0.29) is 78.5 Å². The van der Waals surface area contributed by atoms with Crippen molar-refractivity contribution in [2.75, 3.05) is 25.4 Å². The SMILES string of the molecule is N=c1ccc2c(-c3ccccc3C(=O)O)c3ccc(N)c(S(=O)(=O)N(CCCCCN)CCCCCC(=O)ON4C(=O)CCC4=O)c3oc-2c1S(=O)(=O)O. The van der Waals surface area contributed by atoms with Crippen LogP contribution in [0, 0.1) is 5.41 Å². The van der Waals surface area contributed by atoms with Gasteiger partial charge in [-0.2, -0.15) is 12.7 Å². The zero-order valence-electron chi connectivity index (χ0n) is 28.9. The van der Waals surface area contributed by atoms with E-state index in [0.29, 0.717) is 37.3 Å². The van der Waals surface area contributed by atoms with E-state index < -0.39 is 70.4 Å². The number of nitrogens with zero attached hydrogens (tertiary/aromatic N) is 2. The molecule has 0 radical (unpaired) electrons. The Morgan fingerprint density at radius 1 is 0.870 bits per heavy atom. The quantitative estimate of drug-likeness (QED) is 0.0337. The van der Waals surface area contributed by atoms with Gasteiger partial charge in [-0.25, -0.2) is 18.0 Å². The third kappa shape index (κ3) is 8.29. The molecule has 3 aliphatic rings. The first-order chi connectivity index (χ1) is 25.6. The van der Waals surface area contributed by atoms with Crippen molar-refractivity contribution in [3.05, 3.63) is 59.5 Å². The summed E-state index contributed by atoms with van der Waals surface area (Å²) >= 11 is 0. The molecule has 0 aromatic heterocycles. The predicted octanol–water partition coefficient (Wildman–Crippen LogP) is 3.50. The summed E-state index contributed by atoms with van der Waals surface area (Å²) in [4.78, 5) is 51.6. The van der Waals surface area contributed by atoms with E-state index in [0.717, 1.165) is 6.07 Å². The molecule has 2 heterocycles. The van der Waals surface area contributed by atoms with Crippen molar-refractivity contribution >= 4 is 60.6 Å². The Morgan fingerprint density at radius 2 is 1.52 bits per heavy atom. The average Bonchev–Trinajstić information content (AvgIpc) is 3.42. The minimum Gasteiger partial charge on any atom is -0.478 e. The number of carboxylic acid groups (broad SMARTS) is 1. The lowest BCUT2D eigenvalue weighted by molar-refractivity contribution is -0.197. The van der Waals surface area contributed by atoms with Crippen LogP contribution in [0.2, 0.25) is 0 Å². The number of hydrogen-bond acceptors (Lipinski definition) is 13. The van der Waals surface area contributed by atoms with E-state index in [1.165, 1.54) is 46.8 Å². The predicted molar refractivity (Wildman–Crippen MR) is 193 cm³/mol. The maximum atomic E-state index is 14.7. The number of anilines is 1. The van der Waals surface area contributed by atoms with Crippen LogP contribution in [0.15, 0.2) is 62.7 Å². The number of unbranched alkanes of at least 4 members (excludes halogenated alkanes) is 4. The highest BCUT2D eigenvalue weighted by atomic mass is 32.2. The van der Waals surface area contributed by atoms with E-state index >= 15 is 0 Å². The second-order valence-electron chi connectivity index (χ2n) is 12.6. The normalized spacial score (nSPS) is 13.7. The van der Waals surface area contributed by atoms with Crippen LogP contribution in [0.5, 0.6) is 0 Å². The summed E-state index contributed by atoms with van der Waals surface area (Å²) in [5.41, 5.74) is 11.2. The Balaban J connectivity index is 1.59. The van der Waals surface area contributed by atoms with E-state index in [9.17, 15) is 45.7 Å². The largest absolute Gasteiger partial charge is 0.478 e. The number of hydrogen-bond donors (Lipinski definition) is 5. The van der Waals surface area contributed by atoms with Gasteiger partial charge in [0.25, 0.3) is 21.9 Å². The molecule has 288 valence electrons. The molecule has 0 atom stereocenters. The molecule has 2 aliphatic heterocycles. The third-order valence-electron chi connectivity index (χ3n) is 8.88. The summed E-state index contributed by atoms with van der Waals surface area (Å²) in [6.07, 6.45) is 2.21. The number of amides is 2. The highest BCUT2D eigenvalue weighted by molar-refractivity contribution is 7.89. The topological polar surface area (TPSA) is 282 Å². The van der Waals surface area contributed by atoms with E-state index in [4.69, 9.17) is 26.1 Å². The van der Waals surface area contributed by atoms with Crippen molar-refractivity contribution in [1.82, 2.24) is 9.37 Å². The maximum absolute atomic E-state index is 14.7. The molecule has 2 aromatic rings. The lowest BCUT2D eigenvalue weighted by Crippen LogP contribution is -2.34. The first-order valence-corrected chi connectivity index (χ1v) is 19.9. The monoisotopic (exact) mass is 785 g/mol. The molecule has 0 unspecified atom stereocenters. The molecule has 5 rings (SSSR count). The Hall–Kier alpha value is -5.21. The minimum atomic E-state index is -5.15. The zero-order chi connectivity index (χ0) is 39.4. The lowest BCUT2D eigenvalue weighted by atomic mass is 9.90. The van der Waals surface area contributed by atoms with Crippen LogP contribution in [0.25, 0.3) is 33.4 Å². The zero-order valence-corrected chi connectivity index (χ0v) is 30.6. The van der Waals surface area contributed by atoms with Crippen LogP contribution in [0.3, 0.4) is 0 Å². The molecule has 1 saturated heterocycles. The lowest BCUT2D eigenvalue weighted by Gasteiger charge is -2.25. The third-order valence-corrected chi connectivity index (χ3v) is 11.8. The van der Waals surface area contributed by atoms with Gasteiger partial charge in [0.15, 0.2) is 16.2 Å². The number of aromatic carboxylic acids is 1. The van der Waals surface area contributed by atoms with Gasteiger partial charge in [-0.05, 0) is 68.1 Å². The number of carbonyl (C=O) groups excluding carboxylic acids is 3. The van der Waals surface area contributed by atoms with Crippen LogP contribution in [-0.4, -0.2) is 79.3 Å². The van der Waals surface area contributed by atoms with Gasteiger partial charge in [-0.1, -0.05) is 31.0 Å². The highest BCUT2D eigenvalue weighted by Crippen LogP contribution is 2.46. The van der Waals surface area contributed by atoms with Crippen LogP contribution in [0.4, 0.5) is 5.69 Å². The molecule has 7 N–H and O–H groups in total. The van der Waals surface area contributed by atoms with Crippen molar-refractivity contribution in [2.45, 2.75) is 67.6 Å². The van der Waals surface area contributed by atoms with Crippen LogP contribution < -0.4 is 16.8 Å². The molecule has 1 aliphatic carbocycles. The molecule has 0 spiro atoms. The van der Waals surface area contributed by atoms with Gasteiger partial charge >= 0.3 is 11.9 Å². The minimum absolute atomic E-state index is 0.00874. The number of carbonyl (C=O) groups is 4. The van der Waals surface area contributed by atoms with Crippen molar-refractivity contribution < 1.29 is 54.9 Å². The Morgan fingerprint density at radius 3 is 2.15 bits per heavy atom. The molecule has 0 bridgehead atoms. The van der Waals surface area contributed by atoms with Gasteiger partial charge < -0.3 is 25.8 Å². The van der Waals surface area contributed by atoms with Crippen molar-refractivity contribution in [3.63, 3.8) is 0 Å². The number of sulfonamides is 1. The van der Waals surface area contributed by atoms with E-state index in [1.54, 1.807) is 0 Å². The fourth-order valence-corrected chi connectivity index (χ4v) is 8.79. The fraction of sp³-hybridized carbons (Fsp3) is 0.343. The van der Waals surface area contributed by atoms with Crippen LogP contribution in [0.1, 0.15) is 68.1 Å². The van der Waals surface area contributed by atoms with Gasteiger partial charge in [0.1, 0.15) is 4.90 Å². The van der Waals surface area contributed by atoms with Crippen molar-refractivity contribution in [2.24, 2.45) is 5.73 Å². The van der Waals surface area contributed by atoms with Crippen LogP contribution >= 0.6 is 0 Å². The first kappa shape index (κ1) is 40.0. The Kier molecular flexibility index (Phi) is 12.2. The number of carboxylic acids is 1. The number of nitrogen functional groups attached to an aromatic ring is 1. The Labute approximate surface area is 310 Å². The van der Waals surface area contributed by atoms with E-state index in [1.807, 2.05) is 0 Å². The van der Waals surface area contributed by atoms with Gasteiger partial charge in [0.05, 0.1) is 16.6 Å². The number of imide groups is 1. The summed E-state index contributed by atoms with van der Waals surface area (Å²) in [6, 6.07) is 10.9. The van der Waals surface area contributed by atoms with Gasteiger partial charge in [-0.3, -0.25) is 19.6 Å². The average molecular weight is 786 g/mol. The summed E-state index contributed by atoms with van der Waals surface area (Å²) in [5.74, 6) is -3.93. The molecule has 2 aromatic carbocycles. The first-order valence-electron chi connectivity index (χ1n) is 17.0. The van der Waals surface area contributed by atoms with Gasteiger partial charge in [-0.15, -0.1) is 5.06 Å². The Bertz CT molecular complexity index is 2360. The van der Waals surface area contributed by atoms with Gasteiger partial charge in [0.2, 0.25) is 10.0 Å². The van der Waals surface area contributed by atoms with Crippen molar-refractivity contribution in [1.29, 1.82) is 5.41 Å². The van der Waals surface area contributed by atoms with Crippen LogP contribution in [-0.2, 0) is 39.4 Å². The maximum Gasteiger partial charge on any atom is 0.336 e. The second kappa shape index (κ2) is 16.4. The molecular weight excluding hydrogens is 747 g/mol. The van der Waals surface area contributed by atoms with Gasteiger partial charge in [0, 0.05) is 48.9 Å². The number of nitrogens with one attached hydrogen (secondary N) is 1. The summed E-state index contributed by atoms with van der Waals surface area (Å²) in [7, 11) is -9.74. The highest BCUT2D eigenvalue weighted by Gasteiger charge is 2.35. The smallest absolute Gasteiger partial charge is 0.336 e. The molecule has 2 amide bonds. The molecule has 1 fully saturated rings. The molecule has 54 heavy (non-hydrogen) atoms. The molecule has 19 heteroatoms. The number of rotatable bonds is 17. The van der Waals surface area contributed by atoms with E-state index in [2.05, 4.69) is 0 Å². The summed E-state index contributed by atoms with van der Waals surface area (Å²) in [5, 5.41) is 18.2. The molecular formula is C35H39N5O12S2. The fourth-order valence-electron chi connectivity index (χ4n) is 6.31. The number of hydroxylamine groups is 2. The summed E-state index contributed by atoms with van der Waals surface area (Å²) in [6.45, 7) is 0.331. The second-order valence-corrected chi connectivity index (χ2v) is 15.8. The standard InChI is InChI=1S/C35H39N5O12S2/c36-18-6-2-8-20-39(19-7-1-3-11-29(43)52-40-27(41)16-17-28(40)42)53(46,47)33-25(37)14-12-23-30(21-9-4-5-10-22(21)35(44)45)24-13-15-26(38)34(54(48,49)50)32(24)51-31(23)33/h4-5,9-10,12-15,38H,1-3,6-8,11,16-20,36-37H2,(H,44,45)(H,48,49,50).